The number of hydrogen-bond acceptors (Lipinski definition) is 5. The van der Waals surface area contributed by atoms with Gasteiger partial charge in [0.25, 0.3) is 5.91 Å². The van der Waals surface area contributed by atoms with E-state index in [2.05, 4.69) is 16.3 Å². The molecule has 1 aromatic carbocycles. The number of furan rings is 1. The molecule has 1 fully saturated rings. The molecule has 0 saturated carbocycles. The van der Waals surface area contributed by atoms with Crippen LogP contribution in [0.2, 0.25) is 0 Å². The van der Waals surface area contributed by atoms with Crippen molar-refractivity contribution in [2.45, 2.75) is 18.5 Å². The lowest BCUT2D eigenvalue weighted by molar-refractivity contribution is -0.123. The van der Waals surface area contributed by atoms with Gasteiger partial charge in [-0.1, -0.05) is 18.2 Å². The second kappa shape index (κ2) is 5.99. The maximum Gasteiger partial charge on any atom is 0.257 e. The molecule has 6 heteroatoms. The molecule has 2 unspecified atom stereocenters. The van der Waals surface area contributed by atoms with E-state index in [-0.39, 0.29) is 18.0 Å². The Bertz CT molecular complexity index is 585. The predicted octanol–water partition coefficient (Wildman–Crippen LogP) is 1.35. The van der Waals surface area contributed by atoms with Gasteiger partial charge in [0.15, 0.2) is 0 Å². The fraction of sp³-hybridized carbons (Fsp3) is 0.267. The minimum atomic E-state index is -0.300. The molecular formula is C15H18N4O2. The first kappa shape index (κ1) is 13.7. The van der Waals surface area contributed by atoms with Crippen molar-refractivity contribution >= 4 is 11.6 Å². The number of benzene rings is 1. The number of nitrogens with zero attached hydrogens (tertiary/aromatic N) is 1. The zero-order chi connectivity index (χ0) is 14.7. The zero-order valence-electron chi connectivity index (χ0n) is 11.7. The SMILES string of the molecule is CN(NC(=O)C1CC(c2ccco2)NN1)c1ccccc1. The molecule has 0 spiro atoms. The van der Waals surface area contributed by atoms with Crippen LogP contribution in [0.4, 0.5) is 5.69 Å². The highest BCUT2D eigenvalue weighted by molar-refractivity contribution is 5.83. The fourth-order valence-corrected chi connectivity index (χ4v) is 2.36. The first-order valence-corrected chi connectivity index (χ1v) is 6.88. The monoisotopic (exact) mass is 286 g/mol. The standard InChI is InChI=1S/C15H18N4O2/c1-19(11-6-3-2-4-7-11)18-15(20)13-10-12(16-17-13)14-8-5-9-21-14/h2-9,12-13,16-17H,10H2,1H3,(H,18,20). The first-order valence-electron chi connectivity index (χ1n) is 6.88. The molecule has 21 heavy (non-hydrogen) atoms. The predicted molar refractivity (Wildman–Crippen MR) is 79.1 cm³/mol. The molecule has 6 nitrogen and oxygen atoms in total. The van der Waals surface area contributed by atoms with E-state index in [9.17, 15) is 4.79 Å². The third kappa shape index (κ3) is 3.07. The van der Waals surface area contributed by atoms with Crippen LogP contribution in [-0.2, 0) is 4.79 Å². The van der Waals surface area contributed by atoms with Crippen LogP contribution in [0, 0.1) is 0 Å². The van der Waals surface area contributed by atoms with E-state index >= 15 is 0 Å². The van der Waals surface area contributed by atoms with Crippen molar-refractivity contribution in [2.75, 3.05) is 12.1 Å². The Morgan fingerprint density at radius 2 is 2.05 bits per heavy atom. The minimum absolute atomic E-state index is 0.0118. The topological polar surface area (TPSA) is 69.5 Å². The molecule has 2 heterocycles. The number of hydrogen-bond donors (Lipinski definition) is 3. The van der Waals surface area contributed by atoms with Gasteiger partial charge in [-0.15, -0.1) is 0 Å². The van der Waals surface area contributed by atoms with Crippen LogP contribution in [0.1, 0.15) is 18.2 Å². The first-order chi connectivity index (χ1) is 10.2. The van der Waals surface area contributed by atoms with E-state index < -0.39 is 0 Å². The third-order valence-electron chi connectivity index (χ3n) is 3.53. The van der Waals surface area contributed by atoms with Gasteiger partial charge < -0.3 is 4.42 Å². The maximum absolute atomic E-state index is 12.3. The van der Waals surface area contributed by atoms with Gasteiger partial charge in [-0.2, -0.15) is 0 Å². The van der Waals surface area contributed by atoms with E-state index in [1.807, 2.05) is 49.5 Å². The number of hydrazine groups is 2. The quantitative estimate of drug-likeness (QED) is 0.740. The lowest BCUT2D eigenvalue weighted by atomic mass is 10.1. The zero-order valence-corrected chi connectivity index (χ0v) is 11.7. The van der Waals surface area contributed by atoms with Gasteiger partial charge >= 0.3 is 0 Å². The van der Waals surface area contributed by atoms with Crippen molar-refractivity contribution in [2.24, 2.45) is 0 Å². The summed E-state index contributed by atoms with van der Waals surface area (Å²) in [5.74, 6) is 0.747. The van der Waals surface area contributed by atoms with E-state index in [0.717, 1.165) is 11.4 Å². The number of carbonyl (C=O) groups is 1. The third-order valence-corrected chi connectivity index (χ3v) is 3.53. The van der Waals surface area contributed by atoms with Crippen LogP contribution < -0.4 is 21.3 Å². The Kier molecular flexibility index (Phi) is 3.89. The van der Waals surface area contributed by atoms with Gasteiger partial charge in [-0.05, 0) is 30.7 Å². The largest absolute Gasteiger partial charge is 0.468 e. The van der Waals surface area contributed by atoms with Gasteiger partial charge in [0.1, 0.15) is 11.8 Å². The highest BCUT2D eigenvalue weighted by atomic mass is 16.3. The molecular weight excluding hydrogens is 268 g/mol. The van der Waals surface area contributed by atoms with Gasteiger partial charge in [0.05, 0.1) is 18.0 Å². The summed E-state index contributed by atoms with van der Waals surface area (Å²) in [5.41, 5.74) is 9.88. The summed E-state index contributed by atoms with van der Waals surface area (Å²) in [6.07, 6.45) is 2.27. The molecule has 1 saturated heterocycles. The molecule has 110 valence electrons. The van der Waals surface area contributed by atoms with Crippen LogP contribution in [0.3, 0.4) is 0 Å². The van der Waals surface area contributed by atoms with Crippen molar-refractivity contribution in [3.8, 4) is 0 Å². The smallest absolute Gasteiger partial charge is 0.257 e. The molecule has 3 N–H and O–H groups in total. The normalized spacial score (nSPS) is 21.2. The molecule has 3 rings (SSSR count). The summed E-state index contributed by atoms with van der Waals surface area (Å²) >= 11 is 0. The summed E-state index contributed by atoms with van der Waals surface area (Å²) < 4.78 is 5.35. The van der Waals surface area contributed by atoms with E-state index in [1.165, 1.54) is 0 Å². The Morgan fingerprint density at radius 1 is 1.24 bits per heavy atom. The lowest BCUT2D eigenvalue weighted by Gasteiger charge is -2.22. The Labute approximate surface area is 123 Å². The molecule has 2 atom stereocenters. The van der Waals surface area contributed by atoms with Gasteiger partial charge in [0, 0.05) is 7.05 Å². The molecule has 2 aromatic rings. The summed E-state index contributed by atoms with van der Waals surface area (Å²) in [4.78, 5) is 12.3. The number of nitrogens with one attached hydrogen (secondary N) is 3. The van der Waals surface area contributed by atoms with Gasteiger partial charge in [-0.3, -0.25) is 15.2 Å². The molecule has 1 aromatic heterocycles. The molecule has 0 bridgehead atoms. The van der Waals surface area contributed by atoms with Crippen LogP contribution in [0.15, 0.2) is 53.1 Å². The van der Waals surface area contributed by atoms with Crippen LogP contribution in [0.5, 0.6) is 0 Å². The Balaban J connectivity index is 1.57. The van der Waals surface area contributed by atoms with Crippen molar-refractivity contribution in [3.05, 3.63) is 54.5 Å². The van der Waals surface area contributed by atoms with Crippen molar-refractivity contribution < 1.29 is 9.21 Å². The number of rotatable bonds is 4. The van der Waals surface area contributed by atoms with Crippen molar-refractivity contribution in [1.29, 1.82) is 0 Å². The minimum Gasteiger partial charge on any atom is -0.468 e. The van der Waals surface area contributed by atoms with E-state index in [0.29, 0.717) is 6.42 Å². The molecule has 1 amide bonds. The number of amides is 1. The number of carbonyl (C=O) groups excluding carboxylic acids is 1. The average Bonchev–Trinajstić information content (AvgIpc) is 3.19. The highest BCUT2D eigenvalue weighted by Crippen LogP contribution is 2.22. The highest BCUT2D eigenvalue weighted by Gasteiger charge is 2.31. The number of anilines is 1. The number of para-hydroxylation sites is 1. The maximum atomic E-state index is 12.3. The molecule has 0 aliphatic carbocycles. The van der Waals surface area contributed by atoms with Crippen molar-refractivity contribution in [1.82, 2.24) is 16.3 Å². The van der Waals surface area contributed by atoms with E-state index in [1.54, 1.807) is 11.3 Å². The second-order valence-corrected chi connectivity index (χ2v) is 5.02. The molecule has 0 radical (unpaired) electrons. The van der Waals surface area contributed by atoms with Gasteiger partial charge in [-0.25, -0.2) is 10.9 Å². The molecule has 1 aliphatic rings. The summed E-state index contributed by atoms with van der Waals surface area (Å²) in [5, 5.41) is 1.71. The second-order valence-electron chi connectivity index (χ2n) is 5.02. The summed E-state index contributed by atoms with van der Waals surface area (Å²) in [7, 11) is 1.82. The average molecular weight is 286 g/mol. The molecule has 1 aliphatic heterocycles. The Hall–Kier alpha value is -2.31. The lowest BCUT2D eigenvalue weighted by Crippen LogP contribution is -2.49. The van der Waals surface area contributed by atoms with Crippen LogP contribution >= 0.6 is 0 Å². The van der Waals surface area contributed by atoms with Crippen molar-refractivity contribution in [3.63, 3.8) is 0 Å². The van der Waals surface area contributed by atoms with Gasteiger partial charge in [0.2, 0.25) is 0 Å². The Morgan fingerprint density at radius 3 is 2.76 bits per heavy atom. The van der Waals surface area contributed by atoms with E-state index in [4.69, 9.17) is 4.42 Å². The summed E-state index contributed by atoms with van der Waals surface area (Å²) in [6.45, 7) is 0. The van der Waals surface area contributed by atoms with Crippen LogP contribution in [-0.4, -0.2) is 19.0 Å². The van der Waals surface area contributed by atoms with Crippen LogP contribution in [0.25, 0.3) is 0 Å². The summed E-state index contributed by atoms with van der Waals surface area (Å²) in [6, 6.07) is 13.1. The fourth-order valence-electron chi connectivity index (χ4n) is 2.36.